The van der Waals surface area contributed by atoms with Gasteiger partial charge in [-0.25, -0.2) is 4.79 Å². The van der Waals surface area contributed by atoms with E-state index in [1.54, 1.807) is 0 Å². The molecular formula is C20H25ClO5. The molecule has 5 nitrogen and oxygen atoms in total. The topological polar surface area (TPSA) is 83.8 Å². The summed E-state index contributed by atoms with van der Waals surface area (Å²) in [6, 6.07) is 0. The number of aliphatic hydroxyl groups is 2. The van der Waals surface area contributed by atoms with Gasteiger partial charge in [-0.05, 0) is 43.6 Å². The molecular weight excluding hydrogens is 356 g/mol. The molecule has 0 aromatic heterocycles. The van der Waals surface area contributed by atoms with E-state index in [0.29, 0.717) is 24.3 Å². The molecule has 0 spiro atoms. The highest BCUT2D eigenvalue weighted by Gasteiger charge is 2.67. The summed E-state index contributed by atoms with van der Waals surface area (Å²) in [7, 11) is 0. The van der Waals surface area contributed by atoms with Crippen molar-refractivity contribution in [3.63, 3.8) is 0 Å². The van der Waals surface area contributed by atoms with Crippen LogP contribution in [0.25, 0.3) is 0 Å². The van der Waals surface area contributed by atoms with Gasteiger partial charge in [0.1, 0.15) is 12.2 Å². The van der Waals surface area contributed by atoms with Crippen molar-refractivity contribution < 1.29 is 24.5 Å². The monoisotopic (exact) mass is 380 g/mol. The van der Waals surface area contributed by atoms with Gasteiger partial charge in [0.2, 0.25) is 0 Å². The van der Waals surface area contributed by atoms with E-state index in [-0.39, 0.29) is 30.1 Å². The molecule has 0 saturated heterocycles. The number of allylic oxidation sites excluding steroid dienone is 2. The molecule has 1 heterocycles. The Morgan fingerprint density at radius 3 is 2.73 bits per heavy atom. The molecule has 4 aliphatic rings. The lowest BCUT2D eigenvalue weighted by molar-refractivity contribution is -0.176. The van der Waals surface area contributed by atoms with Crippen LogP contribution in [-0.2, 0) is 14.3 Å². The van der Waals surface area contributed by atoms with Gasteiger partial charge in [-0.15, -0.1) is 0 Å². The number of fused-ring (bicyclic) bond motifs is 5. The first-order valence-electron chi connectivity index (χ1n) is 9.23. The van der Waals surface area contributed by atoms with Gasteiger partial charge < -0.3 is 14.9 Å². The first kappa shape index (κ1) is 18.2. The minimum atomic E-state index is -1.42. The number of hydrogen-bond donors (Lipinski definition) is 2. The van der Waals surface area contributed by atoms with Crippen molar-refractivity contribution in [3.8, 4) is 0 Å². The normalized spacial score (nSPS) is 50.0. The smallest absolute Gasteiger partial charge is 0.331 e. The fraction of sp³-hybridized carbons (Fsp3) is 0.700. The van der Waals surface area contributed by atoms with E-state index in [1.165, 1.54) is 13.0 Å². The summed E-state index contributed by atoms with van der Waals surface area (Å²) in [6.07, 6.45) is 4.08. The summed E-state index contributed by atoms with van der Waals surface area (Å²) in [4.78, 5) is 24.0. The molecule has 142 valence electrons. The standard InChI is InChI=1S/C20H25ClO5/c1-10(22)20(25)5-4-12-11-6-14(21)13-7-16(24)26-9-18(13,2)17(11)15(23)8-19(12,20)3/h6-7,11-12,15,17,23,25H,4-5,8-9H2,1-3H3/t11-,12-,15?,17+,18-,19-,20-/m0/s1. The van der Waals surface area contributed by atoms with Crippen molar-refractivity contribution in [2.24, 2.45) is 28.6 Å². The molecule has 26 heavy (non-hydrogen) atoms. The fourth-order valence-corrected chi connectivity index (χ4v) is 6.84. The Balaban J connectivity index is 1.85. The number of carbonyl (C=O) groups excluding carboxylic acids is 2. The molecule has 3 aliphatic carbocycles. The number of rotatable bonds is 1. The third-order valence-electron chi connectivity index (χ3n) is 7.81. The average Bonchev–Trinajstić information content (AvgIpc) is 2.81. The van der Waals surface area contributed by atoms with Crippen LogP contribution in [0.3, 0.4) is 0 Å². The second kappa shape index (κ2) is 5.43. The van der Waals surface area contributed by atoms with Gasteiger partial charge in [0, 0.05) is 27.9 Å². The van der Waals surface area contributed by atoms with Crippen LogP contribution < -0.4 is 0 Å². The second-order valence-corrected chi connectivity index (χ2v) is 9.36. The highest BCUT2D eigenvalue weighted by atomic mass is 35.5. The third kappa shape index (κ3) is 2.05. The van der Waals surface area contributed by atoms with Crippen molar-refractivity contribution in [2.45, 2.75) is 51.7 Å². The first-order valence-corrected chi connectivity index (χ1v) is 9.60. The van der Waals surface area contributed by atoms with Gasteiger partial charge in [-0.2, -0.15) is 0 Å². The number of aliphatic hydroxyl groups excluding tert-OH is 1. The maximum Gasteiger partial charge on any atom is 0.331 e. The van der Waals surface area contributed by atoms with Gasteiger partial charge in [-0.1, -0.05) is 31.5 Å². The maximum atomic E-state index is 12.2. The number of halogens is 1. The molecule has 2 N–H and O–H groups in total. The van der Waals surface area contributed by atoms with Crippen LogP contribution in [0.1, 0.15) is 40.0 Å². The van der Waals surface area contributed by atoms with E-state index in [4.69, 9.17) is 16.3 Å². The number of Topliss-reactive ketones (excluding diaryl/α,β-unsaturated/α-hetero) is 1. The second-order valence-electron chi connectivity index (χ2n) is 8.95. The molecule has 0 radical (unpaired) electrons. The number of ether oxygens (including phenoxy) is 1. The van der Waals surface area contributed by atoms with E-state index in [1.807, 2.05) is 19.9 Å². The zero-order valence-corrected chi connectivity index (χ0v) is 16.0. The molecule has 2 fully saturated rings. The molecule has 0 amide bonds. The number of esters is 1. The Morgan fingerprint density at radius 2 is 2.08 bits per heavy atom. The van der Waals surface area contributed by atoms with E-state index in [0.717, 1.165) is 5.57 Å². The minimum absolute atomic E-state index is 0.0366. The maximum absolute atomic E-state index is 12.2. The minimum Gasteiger partial charge on any atom is -0.462 e. The lowest BCUT2D eigenvalue weighted by Crippen LogP contribution is -2.61. The Labute approximate surface area is 158 Å². The third-order valence-corrected chi connectivity index (χ3v) is 8.14. The van der Waals surface area contributed by atoms with E-state index in [9.17, 15) is 19.8 Å². The summed E-state index contributed by atoms with van der Waals surface area (Å²) in [5.41, 5.74) is -1.96. The number of ketones is 1. The summed E-state index contributed by atoms with van der Waals surface area (Å²) >= 11 is 6.56. The Morgan fingerprint density at radius 1 is 1.38 bits per heavy atom. The largest absolute Gasteiger partial charge is 0.462 e. The average molecular weight is 381 g/mol. The predicted octanol–water partition coefficient (Wildman–Crippen LogP) is 2.35. The van der Waals surface area contributed by atoms with Crippen LogP contribution in [0.15, 0.2) is 22.8 Å². The van der Waals surface area contributed by atoms with Crippen LogP contribution in [-0.4, -0.2) is 40.3 Å². The lowest BCUT2D eigenvalue weighted by Gasteiger charge is -2.58. The van der Waals surface area contributed by atoms with Gasteiger partial charge >= 0.3 is 5.97 Å². The highest BCUT2D eigenvalue weighted by Crippen LogP contribution is 2.66. The summed E-state index contributed by atoms with van der Waals surface area (Å²) in [5.74, 6) is -0.864. The van der Waals surface area contributed by atoms with Crippen molar-refractivity contribution in [1.29, 1.82) is 0 Å². The first-order chi connectivity index (χ1) is 12.0. The molecule has 4 rings (SSSR count). The van der Waals surface area contributed by atoms with E-state index >= 15 is 0 Å². The van der Waals surface area contributed by atoms with Gasteiger partial charge in [0.05, 0.1) is 6.10 Å². The van der Waals surface area contributed by atoms with Crippen molar-refractivity contribution in [1.82, 2.24) is 0 Å². The number of hydrogen-bond acceptors (Lipinski definition) is 5. The predicted molar refractivity (Wildman–Crippen MR) is 95.2 cm³/mol. The Hall–Kier alpha value is -1.17. The molecule has 1 aliphatic heterocycles. The van der Waals surface area contributed by atoms with Crippen molar-refractivity contribution >= 4 is 23.4 Å². The summed E-state index contributed by atoms with van der Waals surface area (Å²) < 4.78 is 5.30. The van der Waals surface area contributed by atoms with Crippen LogP contribution in [0.4, 0.5) is 0 Å². The highest BCUT2D eigenvalue weighted by molar-refractivity contribution is 6.32. The Bertz CT molecular complexity index is 757. The molecule has 0 aromatic rings. The Kier molecular flexibility index (Phi) is 3.80. The zero-order valence-electron chi connectivity index (χ0n) is 15.3. The number of carbonyl (C=O) groups is 2. The summed E-state index contributed by atoms with van der Waals surface area (Å²) in [6.45, 7) is 5.51. The zero-order chi connectivity index (χ0) is 19.1. The van der Waals surface area contributed by atoms with Gasteiger partial charge in [-0.3, -0.25) is 4.79 Å². The van der Waals surface area contributed by atoms with Crippen molar-refractivity contribution in [2.75, 3.05) is 6.61 Å². The molecule has 2 saturated carbocycles. The lowest BCUT2D eigenvalue weighted by atomic mass is 9.48. The SMILES string of the molecule is CC(=O)[C@@]1(O)CC[C@H]2[C@@H]3C=C(Cl)C4=CC(=O)OC[C@]4(C)[C@H]3C(O)C[C@@]21C. The molecule has 1 unspecified atom stereocenters. The van der Waals surface area contributed by atoms with Crippen LogP contribution >= 0.6 is 11.6 Å². The quantitative estimate of drug-likeness (QED) is 0.682. The van der Waals surface area contributed by atoms with Crippen LogP contribution in [0, 0.1) is 28.6 Å². The van der Waals surface area contributed by atoms with Crippen LogP contribution in [0.2, 0.25) is 0 Å². The molecule has 0 aromatic carbocycles. The van der Waals surface area contributed by atoms with E-state index < -0.39 is 28.5 Å². The molecule has 7 atom stereocenters. The van der Waals surface area contributed by atoms with Gasteiger partial charge in [0.15, 0.2) is 5.78 Å². The molecule has 0 bridgehead atoms. The van der Waals surface area contributed by atoms with Crippen molar-refractivity contribution in [3.05, 3.63) is 22.8 Å². The summed E-state index contributed by atoms with van der Waals surface area (Å²) in [5, 5.41) is 22.8. The van der Waals surface area contributed by atoms with Crippen LogP contribution in [0.5, 0.6) is 0 Å². The van der Waals surface area contributed by atoms with Gasteiger partial charge in [0.25, 0.3) is 0 Å². The number of cyclic esters (lactones) is 1. The van der Waals surface area contributed by atoms with E-state index in [2.05, 4.69) is 0 Å². The molecule has 6 heteroatoms. The fourth-order valence-electron chi connectivity index (χ4n) is 6.43.